The van der Waals surface area contributed by atoms with Crippen molar-refractivity contribution in [3.8, 4) is 52.2 Å². The zero-order chi connectivity index (χ0) is 48.7. The Morgan fingerprint density at radius 2 is 1.19 bits per heavy atom. The van der Waals surface area contributed by atoms with Gasteiger partial charge in [-0.25, -0.2) is 0 Å². The normalized spacial score (nSPS) is 11.8. The van der Waals surface area contributed by atoms with Crippen LogP contribution in [0.1, 0.15) is 62.9 Å². The largest absolute Gasteiger partial charge is 0.488 e. The smallest absolute Gasteiger partial charge is 0.320 e. The summed E-state index contributed by atoms with van der Waals surface area (Å²) in [6.45, 7) is 3.29. The molecule has 6 aromatic rings. The number of aliphatic hydroxyl groups excluding tert-OH is 2. The van der Waals surface area contributed by atoms with Crippen molar-refractivity contribution >= 4 is 35.1 Å². The van der Waals surface area contributed by atoms with Gasteiger partial charge in [-0.2, -0.15) is 10.5 Å². The molecule has 3 aromatic carbocycles. The third kappa shape index (κ3) is 13.0. The number of nitriles is 2. The summed E-state index contributed by atoms with van der Waals surface area (Å²) in [7, 11) is 0. The van der Waals surface area contributed by atoms with Crippen LogP contribution in [0.2, 0.25) is 10.0 Å². The molecular weight excluding hydrogens is 919 g/mol. The van der Waals surface area contributed by atoms with E-state index >= 15 is 0 Å². The highest BCUT2D eigenvalue weighted by atomic mass is 35.5. The number of nitrogens with zero attached hydrogens (tertiary/aromatic N) is 4. The number of halogens is 2. The van der Waals surface area contributed by atoms with Crippen molar-refractivity contribution < 1.29 is 53.4 Å². The predicted octanol–water partition coefficient (Wildman–Crippen LogP) is 7.78. The van der Waals surface area contributed by atoms with Crippen LogP contribution in [0, 0.1) is 36.5 Å². The van der Waals surface area contributed by atoms with Gasteiger partial charge in [-0.15, -0.1) is 0 Å². The fraction of sp³-hybridized carbons (Fsp3) is 0.265. The Hall–Kier alpha value is -7.22. The van der Waals surface area contributed by atoms with Crippen LogP contribution in [0.25, 0.3) is 11.3 Å². The lowest BCUT2D eigenvalue weighted by molar-refractivity contribution is -0.140. The van der Waals surface area contributed by atoms with Gasteiger partial charge in [0.1, 0.15) is 79.1 Å². The molecule has 0 aliphatic carbocycles. The van der Waals surface area contributed by atoms with Crippen LogP contribution < -0.4 is 29.6 Å². The Bertz CT molecular complexity index is 2840. The first-order valence-electron chi connectivity index (χ1n) is 21.0. The Morgan fingerprint density at radius 3 is 1.71 bits per heavy atom. The molecule has 0 fully saturated rings. The number of carboxylic acid groups (broad SMARTS) is 2. The van der Waals surface area contributed by atoms with Crippen molar-refractivity contribution in [2.24, 2.45) is 0 Å². The van der Waals surface area contributed by atoms with Gasteiger partial charge >= 0.3 is 11.9 Å². The minimum Gasteiger partial charge on any atom is -0.488 e. The molecule has 68 heavy (non-hydrogen) atoms. The summed E-state index contributed by atoms with van der Waals surface area (Å²) < 4.78 is 31.1. The molecule has 0 aliphatic heterocycles. The second-order valence-corrected chi connectivity index (χ2v) is 16.2. The van der Waals surface area contributed by atoms with Gasteiger partial charge in [0, 0.05) is 96.6 Å². The predicted molar refractivity (Wildman–Crippen MR) is 247 cm³/mol. The molecule has 0 radical (unpaired) electrons. The molecule has 19 heteroatoms. The minimum absolute atomic E-state index is 0.0124. The molecule has 3 aromatic heterocycles. The zero-order valence-electron chi connectivity index (χ0n) is 36.8. The van der Waals surface area contributed by atoms with E-state index in [0.29, 0.717) is 62.0 Å². The van der Waals surface area contributed by atoms with E-state index in [1.165, 1.54) is 18.7 Å². The Balaban J connectivity index is 1.22. The number of hydrogen-bond acceptors (Lipinski definition) is 15. The zero-order valence-corrected chi connectivity index (χ0v) is 38.3. The van der Waals surface area contributed by atoms with Gasteiger partial charge in [0.15, 0.2) is 5.75 Å². The lowest BCUT2D eigenvalue weighted by atomic mass is 9.99. The van der Waals surface area contributed by atoms with Crippen LogP contribution in [0.4, 0.5) is 0 Å². The summed E-state index contributed by atoms with van der Waals surface area (Å²) in [5.41, 5.74) is 6.02. The highest BCUT2D eigenvalue weighted by Crippen LogP contribution is 2.41. The second kappa shape index (κ2) is 24.0. The molecule has 3 heterocycles. The minimum atomic E-state index is -1.13. The quantitative estimate of drug-likeness (QED) is 0.0338. The number of nitrogens with one attached hydrogen (secondary N) is 2. The summed E-state index contributed by atoms with van der Waals surface area (Å²) in [6, 6.07) is 17.4. The Morgan fingerprint density at radius 1 is 0.676 bits per heavy atom. The van der Waals surface area contributed by atoms with E-state index in [1.54, 1.807) is 48.8 Å². The first-order valence-corrected chi connectivity index (χ1v) is 21.8. The highest BCUT2D eigenvalue weighted by Gasteiger charge is 2.23. The second-order valence-electron chi connectivity index (χ2n) is 15.3. The summed E-state index contributed by atoms with van der Waals surface area (Å²) in [4.78, 5) is 31.8. The number of ether oxygens (including phenoxy) is 4. The molecule has 0 saturated heterocycles. The fourth-order valence-electron chi connectivity index (χ4n) is 6.94. The maximum atomic E-state index is 11.8. The highest BCUT2D eigenvalue weighted by molar-refractivity contribution is 6.32. The van der Waals surface area contributed by atoms with E-state index in [0.717, 1.165) is 16.7 Å². The summed E-state index contributed by atoms with van der Waals surface area (Å²) in [6.07, 6.45) is 7.42. The Labute approximate surface area is 401 Å². The van der Waals surface area contributed by atoms with Gasteiger partial charge in [0.05, 0.1) is 21.2 Å². The Kier molecular flexibility index (Phi) is 17.7. The first kappa shape index (κ1) is 50.2. The molecule has 0 aliphatic rings. The van der Waals surface area contributed by atoms with Gasteiger partial charge in [-0.05, 0) is 62.1 Å². The van der Waals surface area contributed by atoms with Crippen LogP contribution in [-0.2, 0) is 42.5 Å². The van der Waals surface area contributed by atoms with Crippen molar-refractivity contribution in [2.45, 2.75) is 71.7 Å². The number of pyridine rings is 2. The summed E-state index contributed by atoms with van der Waals surface area (Å²) >= 11 is 13.5. The number of aliphatic hydroxyl groups is 2. The lowest BCUT2D eigenvalue weighted by Gasteiger charge is -2.19. The number of carboxylic acids is 2. The number of carbonyl (C=O) groups is 2. The number of rotatable bonds is 24. The number of benzene rings is 3. The van der Waals surface area contributed by atoms with Gasteiger partial charge in [0.25, 0.3) is 0 Å². The van der Waals surface area contributed by atoms with Gasteiger partial charge in [-0.3, -0.25) is 19.6 Å². The molecule has 2 atom stereocenters. The number of aromatic nitrogens is 2. The van der Waals surface area contributed by atoms with Crippen molar-refractivity contribution in [3.05, 3.63) is 146 Å². The van der Waals surface area contributed by atoms with Crippen molar-refractivity contribution in [1.82, 2.24) is 20.6 Å². The molecule has 0 spiro atoms. The summed E-state index contributed by atoms with van der Waals surface area (Å²) in [5, 5.41) is 63.0. The van der Waals surface area contributed by atoms with Crippen LogP contribution in [0.3, 0.4) is 0 Å². The van der Waals surface area contributed by atoms with E-state index in [2.05, 4.69) is 26.7 Å². The van der Waals surface area contributed by atoms with E-state index in [9.17, 15) is 40.5 Å². The summed E-state index contributed by atoms with van der Waals surface area (Å²) in [5.74, 6) is -0.217. The van der Waals surface area contributed by atoms with Gasteiger partial charge < -0.3 is 54.4 Å². The standard InChI is InChI=1S/C49H46Cl2N6O11/c1-28-34(26-66-44-14-42(64-24-32-10-30(16-52)18-54-20-32)35(12-38(44)50)22-56-40(6-8-58)48(60)61)4-3-5-37(28)47-29(2)46(27-67-47)68-45-15-43(65-25-33-11-31(17-53)19-55-21-33)36(13-39(45)51)23-57-41(7-9-59)49(62)63/h3-5,10-15,18-21,27,40-41,56-59H,6-9,22-26H2,1-2H3,(H,60,61)(H,62,63). The molecule has 0 bridgehead atoms. The van der Waals surface area contributed by atoms with Crippen LogP contribution in [0.5, 0.6) is 28.7 Å². The third-order valence-corrected chi connectivity index (χ3v) is 11.3. The van der Waals surface area contributed by atoms with E-state index in [1.807, 2.05) is 38.1 Å². The maximum Gasteiger partial charge on any atom is 0.320 e. The number of furan rings is 1. The van der Waals surface area contributed by atoms with E-state index < -0.39 is 24.0 Å². The molecule has 17 nitrogen and oxygen atoms in total. The third-order valence-electron chi connectivity index (χ3n) is 10.7. The SMILES string of the molecule is Cc1c(COc2cc(OCc3cncc(C#N)c3)c(CNC(CCO)C(=O)O)cc2Cl)cccc1-c1occ(Oc2cc(OCc3cncc(C#N)c3)c(CNC(CCO)C(=O)O)cc2Cl)c1C. The molecule has 352 valence electrons. The van der Waals surface area contributed by atoms with E-state index in [4.69, 9.17) is 46.6 Å². The van der Waals surface area contributed by atoms with Gasteiger partial charge in [0.2, 0.25) is 0 Å². The number of hydrogen-bond donors (Lipinski definition) is 6. The molecule has 0 amide bonds. The van der Waals surface area contributed by atoms with E-state index in [-0.39, 0.29) is 80.5 Å². The monoisotopic (exact) mass is 964 g/mol. The van der Waals surface area contributed by atoms with Crippen molar-refractivity contribution in [2.75, 3.05) is 13.2 Å². The molecule has 6 N–H and O–H groups in total. The van der Waals surface area contributed by atoms with Crippen LogP contribution >= 0.6 is 23.2 Å². The molecule has 2 unspecified atom stereocenters. The average molecular weight is 966 g/mol. The molecule has 6 rings (SSSR count). The maximum absolute atomic E-state index is 11.8. The topological polar surface area (TPSA) is 263 Å². The molecular formula is C49H46Cl2N6O11. The lowest BCUT2D eigenvalue weighted by Crippen LogP contribution is -2.37. The van der Waals surface area contributed by atoms with Crippen molar-refractivity contribution in [1.29, 1.82) is 10.5 Å². The number of aliphatic carboxylic acids is 2. The fourth-order valence-corrected chi connectivity index (χ4v) is 7.41. The molecule has 0 saturated carbocycles. The first-order chi connectivity index (χ1) is 32.8. The average Bonchev–Trinajstić information content (AvgIpc) is 3.69. The van der Waals surface area contributed by atoms with Crippen molar-refractivity contribution in [3.63, 3.8) is 0 Å². The van der Waals surface area contributed by atoms with Crippen LogP contribution in [-0.4, -0.2) is 67.6 Å². The van der Waals surface area contributed by atoms with Gasteiger partial charge in [-0.1, -0.05) is 41.4 Å². The van der Waals surface area contributed by atoms with Crippen LogP contribution in [0.15, 0.2) is 90.1 Å².